The van der Waals surface area contributed by atoms with E-state index in [1.807, 2.05) is 19.1 Å². The van der Waals surface area contributed by atoms with Gasteiger partial charge in [0.15, 0.2) is 0 Å². The first-order valence-electron chi connectivity index (χ1n) is 15.8. The zero-order valence-electron chi connectivity index (χ0n) is 25.6. The molecule has 0 radical (unpaired) electrons. The largest absolute Gasteiger partial charge is 0.292 e. The SMILES string of the molecule is C/C=C\C=C/c1cccc(-c2c3ccccc3c(-c3ccc(-c4nc5ccccc5n4-c4ccccc4)cc3)c3ccccc23)c1. The number of para-hydroxylation sites is 3. The van der Waals surface area contributed by atoms with Crippen LogP contribution in [0, 0.1) is 0 Å². The van der Waals surface area contributed by atoms with E-state index in [9.17, 15) is 0 Å². The Bertz CT molecular complexity index is 2350. The minimum absolute atomic E-state index is 0.937. The number of hydrogen-bond donors (Lipinski definition) is 0. The third kappa shape index (κ3) is 4.81. The summed E-state index contributed by atoms with van der Waals surface area (Å²) < 4.78 is 2.26. The average Bonchev–Trinajstić information content (AvgIpc) is 3.51. The number of allylic oxidation sites excluding steroid dienone is 3. The van der Waals surface area contributed by atoms with Gasteiger partial charge in [-0.3, -0.25) is 4.57 Å². The molecular weight excluding hydrogens is 556 g/mol. The molecule has 0 aliphatic carbocycles. The molecule has 0 amide bonds. The standard InChI is InChI=1S/C44H32N2/c1-2-3-5-15-31-16-14-17-34(30-31)43-38-22-10-8-20-36(38)42(37-21-9-11-23-39(37)43)32-26-28-33(29-27-32)44-45-40-24-12-13-25-41(40)46(44)35-18-6-4-7-19-35/h2-30H,1H3/b3-2-,15-5-. The Labute approximate surface area is 269 Å². The number of imidazole rings is 1. The van der Waals surface area contributed by atoms with Crippen molar-refractivity contribution in [2.45, 2.75) is 6.92 Å². The lowest BCUT2D eigenvalue weighted by atomic mass is 9.85. The maximum atomic E-state index is 5.09. The highest BCUT2D eigenvalue weighted by molar-refractivity contribution is 6.21. The van der Waals surface area contributed by atoms with Gasteiger partial charge in [0.25, 0.3) is 0 Å². The van der Waals surface area contributed by atoms with Gasteiger partial charge in [0.1, 0.15) is 5.82 Å². The maximum Gasteiger partial charge on any atom is 0.145 e. The van der Waals surface area contributed by atoms with Crippen molar-refractivity contribution in [2.24, 2.45) is 0 Å². The Morgan fingerprint density at radius 3 is 1.76 bits per heavy atom. The molecule has 7 aromatic carbocycles. The number of aromatic nitrogens is 2. The van der Waals surface area contributed by atoms with Gasteiger partial charge in [-0.05, 0) is 86.6 Å². The molecule has 1 aromatic heterocycles. The lowest BCUT2D eigenvalue weighted by Crippen LogP contribution is -1.97. The summed E-state index contributed by atoms with van der Waals surface area (Å²) in [6.45, 7) is 2.04. The second-order valence-electron chi connectivity index (χ2n) is 11.5. The minimum Gasteiger partial charge on any atom is -0.292 e. The molecule has 8 aromatic rings. The van der Waals surface area contributed by atoms with Crippen LogP contribution in [0.1, 0.15) is 12.5 Å². The molecule has 0 N–H and O–H groups in total. The molecule has 0 aliphatic rings. The van der Waals surface area contributed by atoms with Crippen molar-refractivity contribution >= 4 is 38.7 Å². The van der Waals surface area contributed by atoms with Crippen LogP contribution in [-0.4, -0.2) is 9.55 Å². The van der Waals surface area contributed by atoms with Crippen LogP contribution in [0.4, 0.5) is 0 Å². The molecule has 0 saturated heterocycles. The van der Waals surface area contributed by atoms with Crippen LogP contribution in [-0.2, 0) is 0 Å². The summed E-state index contributed by atoms with van der Waals surface area (Å²) in [5.74, 6) is 0.937. The summed E-state index contributed by atoms with van der Waals surface area (Å²) in [4.78, 5) is 5.09. The fourth-order valence-corrected chi connectivity index (χ4v) is 6.67. The van der Waals surface area contributed by atoms with Gasteiger partial charge in [-0.2, -0.15) is 0 Å². The number of nitrogens with zero attached hydrogens (tertiary/aromatic N) is 2. The molecule has 0 bridgehead atoms. The zero-order chi connectivity index (χ0) is 30.9. The molecule has 0 fully saturated rings. The van der Waals surface area contributed by atoms with Gasteiger partial charge < -0.3 is 0 Å². The number of hydrogen-bond acceptors (Lipinski definition) is 1. The third-order valence-electron chi connectivity index (χ3n) is 8.71. The van der Waals surface area contributed by atoms with Gasteiger partial charge in [0.2, 0.25) is 0 Å². The van der Waals surface area contributed by atoms with E-state index in [1.54, 1.807) is 0 Å². The highest BCUT2D eigenvalue weighted by Gasteiger charge is 2.18. The predicted molar refractivity (Wildman–Crippen MR) is 196 cm³/mol. The lowest BCUT2D eigenvalue weighted by molar-refractivity contribution is 1.10. The predicted octanol–water partition coefficient (Wildman–Crippen LogP) is 11.9. The van der Waals surface area contributed by atoms with E-state index in [1.165, 1.54) is 49.4 Å². The Kier molecular flexibility index (Phi) is 7.09. The van der Waals surface area contributed by atoms with Crippen molar-refractivity contribution in [3.8, 4) is 39.3 Å². The van der Waals surface area contributed by atoms with Crippen LogP contribution in [0.5, 0.6) is 0 Å². The van der Waals surface area contributed by atoms with Crippen LogP contribution >= 0.6 is 0 Å². The van der Waals surface area contributed by atoms with Crippen molar-refractivity contribution < 1.29 is 0 Å². The van der Waals surface area contributed by atoms with Crippen LogP contribution in [0.15, 0.2) is 170 Å². The van der Waals surface area contributed by atoms with E-state index >= 15 is 0 Å². The zero-order valence-corrected chi connectivity index (χ0v) is 25.6. The number of fused-ring (bicyclic) bond motifs is 3. The fraction of sp³-hybridized carbons (Fsp3) is 0.0227. The quantitative estimate of drug-likeness (QED) is 0.140. The summed E-state index contributed by atoms with van der Waals surface area (Å²) in [6.07, 6.45) is 8.37. The fourth-order valence-electron chi connectivity index (χ4n) is 6.67. The van der Waals surface area contributed by atoms with Gasteiger partial charge in [-0.1, -0.05) is 146 Å². The van der Waals surface area contributed by atoms with Crippen molar-refractivity contribution in [1.29, 1.82) is 0 Å². The molecule has 1 heterocycles. The summed E-state index contributed by atoms with van der Waals surface area (Å²) in [6, 6.07) is 54.3. The van der Waals surface area contributed by atoms with Crippen molar-refractivity contribution in [3.63, 3.8) is 0 Å². The number of rotatable bonds is 6. The van der Waals surface area contributed by atoms with Crippen molar-refractivity contribution in [1.82, 2.24) is 9.55 Å². The highest BCUT2D eigenvalue weighted by Crippen LogP contribution is 2.44. The molecule has 0 aliphatic heterocycles. The van der Waals surface area contributed by atoms with Crippen molar-refractivity contribution in [2.75, 3.05) is 0 Å². The van der Waals surface area contributed by atoms with E-state index in [-0.39, 0.29) is 0 Å². The molecule has 0 unspecified atom stereocenters. The molecule has 2 nitrogen and oxygen atoms in total. The molecule has 0 spiro atoms. The highest BCUT2D eigenvalue weighted by atomic mass is 15.1. The van der Waals surface area contributed by atoms with E-state index in [0.717, 1.165) is 28.1 Å². The van der Waals surface area contributed by atoms with Crippen LogP contribution in [0.2, 0.25) is 0 Å². The topological polar surface area (TPSA) is 17.8 Å². The monoisotopic (exact) mass is 588 g/mol. The first-order valence-corrected chi connectivity index (χ1v) is 15.8. The Hall–Kier alpha value is -5.99. The summed E-state index contributed by atoms with van der Waals surface area (Å²) in [5.41, 5.74) is 10.4. The van der Waals surface area contributed by atoms with Crippen LogP contribution in [0.3, 0.4) is 0 Å². The molecule has 0 saturated carbocycles. The number of benzene rings is 7. The molecular formula is C44H32N2. The molecule has 46 heavy (non-hydrogen) atoms. The van der Waals surface area contributed by atoms with Gasteiger partial charge >= 0.3 is 0 Å². The van der Waals surface area contributed by atoms with Gasteiger partial charge in [-0.15, -0.1) is 0 Å². The first kappa shape index (κ1) is 27.6. The van der Waals surface area contributed by atoms with E-state index in [2.05, 4.69) is 168 Å². The second kappa shape index (κ2) is 11.8. The van der Waals surface area contributed by atoms with E-state index < -0.39 is 0 Å². The van der Waals surface area contributed by atoms with Gasteiger partial charge in [0, 0.05) is 11.3 Å². The van der Waals surface area contributed by atoms with Gasteiger partial charge in [-0.25, -0.2) is 4.98 Å². The molecule has 8 rings (SSSR count). The average molecular weight is 589 g/mol. The summed E-state index contributed by atoms with van der Waals surface area (Å²) >= 11 is 0. The van der Waals surface area contributed by atoms with E-state index in [4.69, 9.17) is 4.98 Å². The third-order valence-corrected chi connectivity index (χ3v) is 8.71. The molecule has 218 valence electrons. The molecule has 0 atom stereocenters. The Morgan fingerprint density at radius 2 is 1.09 bits per heavy atom. The van der Waals surface area contributed by atoms with Gasteiger partial charge in [0.05, 0.1) is 11.0 Å². The lowest BCUT2D eigenvalue weighted by Gasteiger charge is -2.18. The smallest absolute Gasteiger partial charge is 0.145 e. The van der Waals surface area contributed by atoms with Crippen molar-refractivity contribution in [3.05, 3.63) is 175 Å². The van der Waals surface area contributed by atoms with E-state index in [0.29, 0.717) is 0 Å². The Balaban J connectivity index is 1.31. The van der Waals surface area contributed by atoms with Crippen LogP contribution < -0.4 is 0 Å². The maximum absolute atomic E-state index is 5.09. The summed E-state index contributed by atoms with van der Waals surface area (Å²) in [7, 11) is 0. The second-order valence-corrected chi connectivity index (χ2v) is 11.5. The first-order chi connectivity index (χ1) is 22.8. The summed E-state index contributed by atoms with van der Waals surface area (Å²) in [5, 5.41) is 4.99. The normalized spacial score (nSPS) is 11.8. The molecule has 2 heteroatoms. The Morgan fingerprint density at radius 1 is 0.500 bits per heavy atom. The minimum atomic E-state index is 0.937. The van der Waals surface area contributed by atoms with Crippen LogP contribution in [0.25, 0.3) is 78.0 Å².